The number of hydrogen-bond donors (Lipinski definition) is 0. The zero-order valence-corrected chi connectivity index (χ0v) is 22.7. The Kier molecular flexibility index (Phi) is 9.23. The number of amides is 1. The van der Waals surface area contributed by atoms with Crippen molar-refractivity contribution in [1.82, 2.24) is 14.8 Å². The van der Waals surface area contributed by atoms with E-state index < -0.39 is 0 Å². The van der Waals surface area contributed by atoms with Crippen LogP contribution in [-0.4, -0.2) is 92.4 Å². The molecule has 0 saturated carbocycles. The Hall–Kier alpha value is -2.19. The number of carbonyl (C=O) groups is 1. The van der Waals surface area contributed by atoms with Gasteiger partial charge < -0.3 is 24.2 Å². The molecule has 1 aromatic heterocycles. The topological polar surface area (TPSA) is 58.1 Å². The lowest BCUT2D eigenvalue weighted by Crippen LogP contribution is -2.49. The van der Waals surface area contributed by atoms with Crippen LogP contribution in [0.2, 0.25) is 5.02 Å². The van der Waals surface area contributed by atoms with Gasteiger partial charge in [0.25, 0.3) is 5.91 Å². The molecule has 1 amide bonds. The molecular formula is C28H39ClN4O3. The van der Waals surface area contributed by atoms with Gasteiger partial charge in [-0.2, -0.15) is 0 Å². The lowest BCUT2D eigenvalue weighted by atomic mass is 10.0. The highest BCUT2D eigenvalue weighted by molar-refractivity contribution is 6.30. The van der Waals surface area contributed by atoms with Gasteiger partial charge in [-0.05, 0) is 77.5 Å². The van der Waals surface area contributed by atoms with Crippen LogP contribution < -0.4 is 4.90 Å². The fourth-order valence-electron chi connectivity index (χ4n) is 5.31. The van der Waals surface area contributed by atoms with E-state index in [0.717, 1.165) is 49.4 Å². The molecule has 1 aromatic carbocycles. The highest BCUT2D eigenvalue weighted by Crippen LogP contribution is 2.30. The second-order valence-electron chi connectivity index (χ2n) is 10.1. The number of halogens is 1. The molecule has 4 rings (SSSR count). The zero-order chi connectivity index (χ0) is 25.7. The summed E-state index contributed by atoms with van der Waals surface area (Å²) in [5, 5.41) is 0.663. The number of morpholine rings is 1. The number of methoxy groups -OCH3 is 1. The van der Waals surface area contributed by atoms with Gasteiger partial charge in [0.1, 0.15) is 5.82 Å². The van der Waals surface area contributed by atoms with Crippen LogP contribution in [0.1, 0.15) is 43.5 Å². The Balaban J connectivity index is 1.71. The van der Waals surface area contributed by atoms with Crippen molar-refractivity contribution in [3.05, 3.63) is 47.0 Å². The van der Waals surface area contributed by atoms with Crippen LogP contribution in [0.5, 0.6) is 0 Å². The number of aromatic nitrogens is 1. The van der Waals surface area contributed by atoms with Gasteiger partial charge in [-0.15, -0.1) is 0 Å². The van der Waals surface area contributed by atoms with Gasteiger partial charge in [0.05, 0.1) is 23.5 Å². The molecule has 0 spiro atoms. The molecule has 0 radical (unpaired) electrons. The van der Waals surface area contributed by atoms with Crippen LogP contribution in [0.15, 0.2) is 36.4 Å². The number of rotatable bonds is 8. The van der Waals surface area contributed by atoms with Gasteiger partial charge in [0.15, 0.2) is 0 Å². The fourth-order valence-corrected chi connectivity index (χ4v) is 5.50. The Labute approximate surface area is 220 Å². The second-order valence-corrected chi connectivity index (χ2v) is 10.6. The monoisotopic (exact) mass is 514 g/mol. The molecule has 0 bridgehead atoms. The molecule has 3 heterocycles. The Morgan fingerprint density at radius 3 is 2.56 bits per heavy atom. The minimum Gasteiger partial charge on any atom is -0.385 e. The van der Waals surface area contributed by atoms with Crippen molar-refractivity contribution in [1.29, 1.82) is 0 Å². The quantitative estimate of drug-likeness (QED) is 0.480. The molecule has 196 valence electrons. The number of pyridine rings is 1. The molecule has 2 aromatic rings. The van der Waals surface area contributed by atoms with Crippen LogP contribution in [0.25, 0.3) is 11.3 Å². The molecule has 0 aliphatic carbocycles. The Morgan fingerprint density at radius 2 is 1.89 bits per heavy atom. The van der Waals surface area contributed by atoms with Crippen LogP contribution in [0.3, 0.4) is 0 Å². The van der Waals surface area contributed by atoms with Crippen molar-refractivity contribution in [2.45, 2.75) is 51.4 Å². The molecule has 2 aliphatic rings. The van der Waals surface area contributed by atoms with E-state index in [1.165, 1.54) is 0 Å². The van der Waals surface area contributed by atoms with Gasteiger partial charge >= 0.3 is 0 Å². The Morgan fingerprint density at radius 1 is 1.17 bits per heavy atom. The third kappa shape index (κ3) is 6.57. The Bertz CT molecular complexity index is 1020. The molecule has 0 unspecified atom stereocenters. The highest BCUT2D eigenvalue weighted by Gasteiger charge is 2.32. The van der Waals surface area contributed by atoms with Crippen LogP contribution in [0, 0.1) is 0 Å². The number of hydrogen-bond acceptors (Lipinski definition) is 6. The summed E-state index contributed by atoms with van der Waals surface area (Å²) in [6, 6.07) is 11.8. The first-order valence-electron chi connectivity index (χ1n) is 13.0. The summed E-state index contributed by atoms with van der Waals surface area (Å²) in [5.41, 5.74) is 2.39. The van der Waals surface area contributed by atoms with Crippen molar-refractivity contribution in [2.75, 3.05) is 58.4 Å². The van der Waals surface area contributed by atoms with Crippen LogP contribution >= 0.6 is 11.6 Å². The molecule has 7 nitrogen and oxygen atoms in total. The third-order valence-electron chi connectivity index (χ3n) is 7.08. The van der Waals surface area contributed by atoms with Crippen molar-refractivity contribution >= 4 is 23.3 Å². The van der Waals surface area contributed by atoms with Crippen molar-refractivity contribution < 1.29 is 14.3 Å². The van der Waals surface area contributed by atoms with E-state index in [1.807, 2.05) is 36.4 Å². The SMILES string of the molecule is COCCCN(C(=O)c1ccc(-c2cccc(Cl)c2)nc1N1C[C@@H](C)O[C@@H](C)C1)C1CCN(C)CC1. The van der Waals surface area contributed by atoms with Crippen LogP contribution in [-0.2, 0) is 9.47 Å². The third-order valence-corrected chi connectivity index (χ3v) is 7.32. The van der Waals surface area contributed by atoms with Gasteiger partial charge in [-0.1, -0.05) is 23.7 Å². The van der Waals surface area contributed by atoms with E-state index in [0.29, 0.717) is 36.8 Å². The highest BCUT2D eigenvalue weighted by atomic mass is 35.5. The van der Waals surface area contributed by atoms with E-state index in [9.17, 15) is 4.79 Å². The lowest BCUT2D eigenvalue weighted by molar-refractivity contribution is -0.00556. The molecule has 36 heavy (non-hydrogen) atoms. The molecular weight excluding hydrogens is 476 g/mol. The van der Waals surface area contributed by atoms with Crippen LogP contribution in [0.4, 0.5) is 5.82 Å². The van der Waals surface area contributed by atoms with Gasteiger partial charge in [0, 0.05) is 50.0 Å². The number of nitrogens with zero attached hydrogens (tertiary/aromatic N) is 4. The molecule has 2 saturated heterocycles. The minimum atomic E-state index is 0.0487. The van der Waals surface area contributed by atoms with Crippen molar-refractivity contribution in [3.63, 3.8) is 0 Å². The molecule has 2 fully saturated rings. The number of benzene rings is 1. The molecule has 2 atom stereocenters. The fraction of sp³-hybridized carbons (Fsp3) is 0.571. The van der Waals surface area contributed by atoms with E-state index in [1.54, 1.807) is 7.11 Å². The molecule has 2 aliphatic heterocycles. The summed E-state index contributed by atoms with van der Waals surface area (Å²) in [6.07, 6.45) is 2.87. The largest absolute Gasteiger partial charge is 0.385 e. The lowest BCUT2D eigenvalue weighted by Gasteiger charge is -2.39. The average molecular weight is 515 g/mol. The first-order chi connectivity index (χ1) is 17.4. The average Bonchev–Trinajstić information content (AvgIpc) is 2.86. The van der Waals surface area contributed by atoms with Gasteiger partial charge in [-0.3, -0.25) is 4.79 Å². The van der Waals surface area contributed by atoms with Gasteiger partial charge in [0.2, 0.25) is 0 Å². The van der Waals surface area contributed by atoms with Crippen molar-refractivity contribution in [3.8, 4) is 11.3 Å². The smallest absolute Gasteiger partial charge is 0.257 e. The zero-order valence-electron chi connectivity index (χ0n) is 22.0. The summed E-state index contributed by atoms with van der Waals surface area (Å²) in [5.74, 6) is 0.775. The van der Waals surface area contributed by atoms with E-state index >= 15 is 0 Å². The maximum Gasteiger partial charge on any atom is 0.257 e. The van der Waals surface area contributed by atoms with E-state index in [2.05, 4.69) is 35.6 Å². The predicted octanol–water partition coefficient (Wildman–Crippen LogP) is 4.59. The van der Waals surface area contributed by atoms with Gasteiger partial charge in [-0.25, -0.2) is 4.98 Å². The summed E-state index contributed by atoms with van der Waals surface area (Å²) in [6.45, 7) is 8.82. The summed E-state index contributed by atoms with van der Waals surface area (Å²) < 4.78 is 11.3. The molecule has 8 heteroatoms. The number of likely N-dealkylation sites (tertiary alicyclic amines) is 1. The number of carbonyl (C=O) groups excluding carboxylic acids is 1. The number of ether oxygens (including phenoxy) is 2. The summed E-state index contributed by atoms with van der Waals surface area (Å²) in [7, 11) is 3.85. The number of anilines is 1. The maximum atomic E-state index is 14.2. The first-order valence-corrected chi connectivity index (χ1v) is 13.4. The second kappa shape index (κ2) is 12.4. The van der Waals surface area contributed by atoms with E-state index in [4.69, 9.17) is 26.1 Å². The first kappa shape index (κ1) is 26.9. The van der Waals surface area contributed by atoms with E-state index in [-0.39, 0.29) is 24.2 Å². The number of piperidine rings is 1. The van der Waals surface area contributed by atoms with Crippen molar-refractivity contribution in [2.24, 2.45) is 0 Å². The standard InChI is InChI=1S/C28H39ClN4O3/c1-20-18-32(19-21(2)36-20)27-25(9-10-26(30-27)22-7-5-8-23(29)17-22)28(34)33(13-6-16-35-4)24-11-14-31(3)15-12-24/h5,7-10,17,20-21,24H,6,11-16,18-19H2,1-4H3/t20-,21+. The summed E-state index contributed by atoms with van der Waals surface area (Å²) in [4.78, 5) is 25.9. The molecule has 0 N–H and O–H groups in total. The minimum absolute atomic E-state index is 0.0487. The maximum absolute atomic E-state index is 14.2. The normalized spacial score (nSPS) is 21.5. The predicted molar refractivity (Wildman–Crippen MR) is 145 cm³/mol. The summed E-state index contributed by atoms with van der Waals surface area (Å²) >= 11 is 6.27.